The van der Waals surface area contributed by atoms with Crippen LogP contribution in [0.25, 0.3) is 10.1 Å². The highest BCUT2D eigenvalue weighted by atomic mass is 35.5. The zero-order valence-corrected chi connectivity index (χ0v) is 10.5. The van der Waals surface area contributed by atoms with Gasteiger partial charge in [0, 0.05) is 15.0 Å². The minimum absolute atomic E-state index is 0.917. The molecule has 0 bridgehead atoms. The number of rotatable bonds is 2. The summed E-state index contributed by atoms with van der Waals surface area (Å²) >= 11 is 9.56. The van der Waals surface area contributed by atoms with Crippen molar-refractivity contribution in [2.75, 3.05) is 6.26 Å². The van der Waals surface area contributed by atoms with E-state index >= 15 is 0 Å². The third kappa shape index (κ3) is 1.67. The van der Waals surface area contributed by atoms with E-state index in [1.165, 1.54) is 20.5 Å². The van der Waals surface area contributed by atoms with Gasteiger partial charge >= 0.3 is 0 Å². The van der Waals surface area contributed by atoms with Gasteiger partial charge in [-0.25, -0.2) is 0 Å². The van der Waals surface area contributed by atoms with Crippen LogP contribution in [-0.4, -0.2) is 6.26 Å². The summed E-state index contributed by atoms with van der Waals surface area (Å²) in [6.07, 6.45) is 3.16. The first-order valence-electron chi connectivity index (χ1n) is 4.51. The number of halogens is 1. The van der Waals surface area contributed by atoms with Crippen molar-refractivity contribution in [2.24, 2.45) is 0 Å². The predicted octanol–water partition coefficient (Wildman–Crippen LogP) is 4.84. The van der Waals surface area contributed by atoms with Crippen LogP contribution < -0.4 is 0 Å². The maximum Gasteiger partial charge on any atom is 0.108 e. The van der Waals surface area contributed by atoms with E-state index in [2.05, 4.69) is 31.4 Å². The number of hydrogen-bond acceptors (Lipinski definition) is 2. The predicted molar refractivity (Wildman–Crippen MR) is 68.0 cm³/mol. The first-order chi connectivity index (χ1) is 6.76. The summed E-state index contributed by atoms with van der Waals surface area (Å²) in [5.41, 5.74) is 1.38. The Morgan fingerprint density at radius 2 is 2.21 bits per heavy atom. The second kappa shape index (κ2) is 4.13. The quantitative estimate of drug-likeness (QED) is 0.679. The number of thiophene rings is 1. The standard InChI is InChI=1S/C11H11ClS2/c1-3-7-4-5-9-8(6-7)10(13-2)11(12)14-9/h4-6H,3H2,1-2H3. The smallest absolute Gasteiger partial charge is 0.108 e. The molecule has 0 aliphatic rings. The second-order valence-corrected chi connectivity index (χ2v) is 5.56. The van der Waals surface area contributed by atoms with Gasteiger partial charge in [-0.1, -0.05) is 24.6 Å². The van der Waals surface area contributed by atoms with Crippen molar-refractivity contribution >= 4 is 44.8 Å². The summed E-state index contributed by atoms with van der Waals surface area (Å²) in [6, 6.07) is 6.60. The van der Waals surface area contributed by atoms with Gasteiger partial charge in [0.25, 0.3) is 0 Å². The van der Waals surface area contributed by atoms with E-state index in [9.17, 15) is 0 Å². The maximum absolute atomic E-state index is 6.16. The molecule has 74 valence electrons. The Morgan fingerprint density at radius 3 is 2.86 bits per heavy atom. The molecule has 0 nitrogen and oxygen atoms in total. The molecular formula is C11H11ClS2. The maximum atomic E-state index is 6.16. The van der Waals surface area contributed by atoms with E-state index in [0.717, 1.165) is 10.8 Å². The van der Waals surface area contributed by atoms with Crippen molar-refractivity contribution in [2.45, 2.75) is 18.2 Å². The molecule has 0 fully saturated rings. The molecule has 0 saturated heterocycles. The van der Waals surface area contributed by atoms with Crippen molar-refractivity contribution in [3.8, 4) is 0 Å². The van der Waals surface area contributed by atoms with E-state index in [0.29, 0.717) is 0 Å². The van der Waals surface area contributed by atoms with Crippen LogP contribution in [0, 0.1) is 0 Å². The van der Waals surface area contributed by atoms with Gasteiger partial charge in [0.2, 0.25) is 0 Å². The zero-order valence-electron chi connectivity index (χ0n) is 8.13. The van der Waals surface area contributed by atoms with Crippen LogP contribution >= 0.6 is 34.7 Å². The highest BCUT2D eigenvalue weighted by molar-refractivity contribution is 7.99. The molecule has 1 heterocycles. The van der Waals surface area contributed by atoms with Gasteiger partial charge in [0.05, 0.1) is 0 Å². The Labute approximate surface area is 97.3 Å². The van der Waals surface area contributed by atoms with Crippen LogP contribution in [0.2, 0.25) is 4.34 Å². The number of benzene rings is 1. The lowest BCUT2D eigenvalue weighted by Crippen LogP contribution is -1.77. The molecule has 1 aromatic carbocycles. The van der Waals surface area contributed by atoms with Crippen molar-refractivity contribution in [3.05, 3.63) is 28.1 Å². The van der Waals surface area contributed by atoms with E-state index in [4.69, 9.17) is 11.6 Å². The van der Waals surface area contributed by atoms with Gasteiger partial charge in [-0.15, -0.1) is 23.1 Å². The Kier molecular flexibility index (Phi) is 3.05. The highest BCUT2D eigenvalue weighted by Crippen LogP contribution is 2.40. The lowest BCUT2D eigenvalue weighted by molar-refractivity contribution is 1.15. The average molecular weight is 243 g/mol. The van der Waals surface area contributed by atoms with E-state index in [1.54, 1.807) is 23.1 Å². The van der Waals surface area contributed by atoms with Gasteiger partial charge in [-0.05, 0) is 30.4 Å². The van der Waals surface area contributed by atoms with Crippen molar-refractivity contribution in [1.82, 2.24) is 0 Å². The summed E-state index contributed by atoms with van der Waals surface area (Å²) in [4.78, 5) is 1.22. The Bertz CT molecular complexity index is 460. The molecule has 1 aromatic heterocycles. The molecule has 0 amide bonds. The van der Waals surface area contributed by atoms with Gasteiger partial charge in [-0.2, -0.15) is 0 Å². The number of fused-ring (bicyclic) bond motifs is 1. The summed E-state index contributed by atoms with van der Waals surface area (Å²) < 4.78 is 2.21. The molecule has 14 heavy (non-hydrogen) atoms. The highest BCUT2D eigenvalue weighted by Gasteiger charge is 2.09. The lowest BCUT2D eigenvalue weighted by Gasteiger charge is -1.98. The van der Waals surface area contributed by atoms with E-state index < -0.39 is 0 Å². The van der Waals surface area contributed by atoms with Crippen LogP contribution in [0.4, 0.5) is 0 Å². The Hall–Kier alpha value is -0.180. The normalized spacial score (nSPS) is 11.1. The fourth-order valence-electron chi connectivity index (χ4n) is 1.50. The largest absolute Gasteiger partial charge is 0.127 e. The van der Waals surface area contributed by atoms with Gasteiger partial charge < -0.3 is 0 Å². The molecule has 2 rings (SSSR count). The van der Waals surface area contributed by atoms with Crippen molar-refractivity contribution in [3.63, 3.8) is 0 Å². The molecule has 0 unspecified atom stereocenters. The lowest BCUT2D eigenvalue weighted by atomic mass is 10.1. The van der Waals surface area contributed by atoms with Crippen LogP contribution in [-0.2, 0) is 6.42 Å². The number of thioether (sulfide) groups is 1. The average Bonchev–Trinajstić information content (AvgIpc) is 2.52. The molecule has 0 N–H and O–H groups in total. The molecule has 0 aliphatic carbocycles. The minimum atomic E-state index is 0.917. The van der Waals surface area contributed by atoms with Crippen LogP contribution in [0.1, 0.15) is 12.5 Å². The number of hydrogen-bond donors (Lipinski definition) is 0. The van der Waals surface area contributed by atoms with Gasteiger partial charge in [0.15, 0.2) is 0 Å². The first kappa shape index (κ1) is 10.3. The van der Waals surface area contributed by atoms with Gasteiger partial charge in [-0.3, -0.25) is 0 Å². The van der Waals surface area contributed by atoms with Crippen LogP contribution in [0.5, 0.6) is 0 Å². The SMILES string of the molecule is CCc1ccc2sc(Cl)c(SC)c2c1. The molecule has 2 aromatic rings. The second-order valence-electron chi connectivity index (χ2n) is 3.09. The number of aryl methyl sites for hydroxylation is 1. The van der Waals surface area contributed by atoms with E-state index in [-0.39, 0.29) is 0 Å². The summed E-state index contributed by atoms with van der Waals surface area (Å²) in [7, 11) is 0. The molecule has 0 spiro atoms. The Balaban J connectivity index is 2.71. The third-order valence-electron chi connectivity index (χ3n) is 2.28. The molecule has 0 aliphatic heterocycles. The molecule has 3 heteroatoms. The fraction of sp³-hybridized carbons (Fsp3) is 0.273. The molecule has 0 radical (unpaired) electrons. The summed E-state index contributed by atoms with van der Waals surface area (Å²) in [6.45, 7) is 2.17. The zero-order chi connectivity index (χ0) is 10.1. The van der Waals surface area contributed by atoms with Crippen LogP contribution in [0.3, 0.4) is 0 Å². The molecule has 0 atom stereocenters. The topological polar surface area (TPSA) is 0 Å². The van der Waals surface area contributed by atoms with Gasteiger partial charge in [0.1, 0.15) is 4.34 Å². The third-order valence-corrected chi connectivity index (χ3v) is 4.73. The first-order valence-corrected chi connectivity index (χ1v) is 6.93. The van der Waals surface area contributed by atoms with Crippen molar-refractivity contribution < 1.29 is 0 Å². The minimum Gasteiger partial charge on any atom is -0.127 e. The van der Waals surface area contributed by atoms with Crippen molar-refractivity contribution in [1.29, 1.82) is 0 Å². The fourth-order valence-corrected chi connectivity index (χ4v) is 3.88. The summed E-state index contributed by atoms with van der Waals surface area (Å²) in [5.74, 6) is 0. The summed E-state index contributed by atoms with van der Waals surface area (Å²) in [5, 5.41) is 1.31. The van der Waals surface area contributed by atoms with E-state index in [1.807, 2.05) is 0 Å². The monoisotopic (exact) mass is 242 g/mol. The molecular weight excluding hydrogens is 232 g/mol. The molecule has 0 saturated carbocycles. The van der Waals surface area contributed by atoms with Crippen LogP contribution in [0.15, 0.2) is 23.1 Å². The Morgan fingerprint density at radius 1 is 1.43 bits per heavy atom.